The van der Waals surface area contributed by atoms with E-state index in [1.165, 1.54) is 12.8 Å². The number of benzene rings is 1. The molecule has 0 bridgehead atoms. The van der Waals surface area contributed by atoms with Crippen molar-refractivity contribution in [1.29, 1.82) is 0 Å². The summed E-state index contributed by atoms with van der Waals surface area (Å²) in [7, 11) is 0. The standard InChI is InChI=1S/C17H25ClN2O/c1-2-16(12-7-9-14(18)10-8-12)20-17(21)11-13-5-3-4-6-15(13)19/h7-10,13,15-16H,2-6,11,19H2,1H3,(H,20,21). The maximum atomic E-state index is 12.3. The van der Waals surface area contributed by atoms with Gasteiger partial charge in [-0.25, -0.2) is 0 Å². The smallest absolute Gasteiger partial charge is 0.220 e. The van der Waals surface area contributed by atoms with Crippen LogP contribution < -0.4 is 11.1 Å². The number of carbonyl (C=O) groups is 1. The summed E-state index contributed by atoms with van der Waals surface area (Å²) in [6.07, 6.45) is 5.93. The summed E-state index contributed by atoms with van der Waals surface area (Å²) >= 11 is 5.91. The van der Waals surface area contributed by atoms with Gasteiger partial charge >= 0.3 is 0 Å². The summed E-state index contributed by atoms with van der Waals surface area (Å²) in [5.74, 6) is 0.445. The molecule has 2 rings (SSSR count). The number of hydrogen-bond donors (Lipinski definition) is 2. The molecule has 21 heavy (non-hydrogen) atoms. The first-order valence-corrected chi connectivity index (χ1v) is 8.28. The molecule has 1 amide bonds. The maximum absolute atomic E-state index is 12.3. The Morgan fingerprint density at radius 1 is 1.33 bits per heavy atom. The zero-order valence-corrected chi connectivity index (χ0v) is 13.4. The highest BCUT2D eigenvalue weighted by Gasteiger charge is 2.25. The molecule has 0 radical (unpaired) electrons. The minimum Gasteiger partial charge on any atom is -0.349 e. The molecule has 1 aromatic rings. The Labute approximate surface area is 132 Å². The van der Waals surface area contributed by atoms with Crippen molar-refractivity contribution in [3.8, 4) is 0 Å². The van der Waals surface area contributed by atoms with Crippen LogP contribution in [-0.2, 0) is 4.79 Å². The summed E-state index contributed by atoms with van der Waals surface area (Å²) in [6.45, 7) is 2.08. The summed E-state index contributed by atoms with van der Waals surface area (Å²) in [4.78, 5) is 12.3. The van der Waals surface area contributed by atoms with Crippen LogP contribution in [0.5, 0.6) is 0 Å². The molecule has 1 aliphatic carbocycles. The predicted molar refractivity (Wildman–Crippen MR) is 87.2 cm³/mol. The van der Waals surface area contributed by atoms with Crippen molar-refractivity contribution in [2.45, 2.75) is 57.5 Å². The fourth-order valence-electron chi connectivity index (χ4n) is 3.10. The van der Waals surface area contributed by atoms with Crippen molar-refractivity contribution in [3.63, 3.8) is 0 Å². The lowest BCUT2D eigenvalue weighted by molar-refractivity contribution is -0.123. The molecular formula is C17H25ClN2O. The fraction of sp³-hybridized carbons (Fsp3) is 0.588. The lowest BCUT2D eigenvalue weighted by Crippen LogP contribution is -2.38. The van der Waals surface area contributed by atoms with E-state index in [9.17, 15) is 4.79 Å². The Hall–Kier alpha value is -1.06. The number of nitrogens with two attached hydrogens (primary N) is 1. The Bertz CT molecular complexity index is 460. The van der Waals surface area contributed by atoms with Crippen molar-refractivity contribution in [2.24, 2.45) is 11.7 Å². The van der Waals surface area contributed by atoms with Crippen molar-refractivity contribution in [1.82, 2.24) is 5.32 Å². The number of amides is 1. The zero-order valence-electron chi connectivity index (χ0n) is 12.6. The van der Waals surface area contributed by atoms with Gasteiger partial charge < -0.3 is 11.1 Å². The average Bonchev–Trinajstić information content (AvgIpc) is 2.48. The van der Waals surface area contributed by atoms with Gasteiger partial charge in [-0.1, -0.05) is 43.5 Å². The van der Waals surface area contributed by atoms with Crippen LogP contribution in [0.4, 0.5) is 0 Å². The third kappa shape index (κ3) is 4.72. The van der Waals surface area contributed by atoms with E-state index in [2.05, 4.69) is 12.2 Å². The van der Waals surface area contributed by atoms with Gasteiger partial charge in [0, 0.05) is 17.5 Å². The molecule has 0 aromatic heterocycles. The normalized spacial score (nSPS) is 23.6. The van der Waals surface area contributed by atoms with Crippen LogP contribution in [0.3, 0.4) is 0 Å². The van der Waals surface area contributed by atoms with Crippen molar-refractivity contribution < 1.29 is 4.79 Å². The first-order valence-electron chi connectivity index (χ1n) is 7.90. The highest BCUT2D eigenvalue weighted by molar-refractivity contribution is 6.30. The number of carbonyl (C=O) groups excluding carboxylic acids is 1. The lowest BCUT2D eigenvalue weighted by atomic mass is 9.83. The predicted octanol–water partition coefficient (Wildman–Crippen LogP) is 3.81. The van der Waals surface area contributed by atoms with E-state index in [0.717, 1.165) is 24.8 Å². The van der Waals surface area contributed by atoms with Gasteiger partial charge in [-0.15, -0.1) is 0 Å². The minimum absolute atomic E-state index is 0.0505. The van der Waals surface area contributed by atoms with E-state index in [0.29, 0.717) is 17.4 Å². The van der Waals surface area contributed by atoms with Crippen LogP contribution in [0.2, 0.25) is 5.02 Å². The molecule has 0 saturated heterocycles. The van der Waals surface area contributed by atoms with Gasteiger partial charge in [0.05, 0.1) is 6.04 Å². The second kappa shape index (κ2) is 7.81. The topological polar surface area (TPSA) is 55.1 Å². The van der Waals surface area contributed by atoms with Crippen LogP contribution in [0.15, 0.2) is 24.3 Å². The molecule has 0 aliphatic heterocycles. The van der Waals surface area contributed by atoms with E-state index in [4.69, 9.17) is 17.3 Å². The molecule has 3 atom stereocenters. The molecule has 1 fully saturated rings. The molecule has 0 spiro atoms. The lowest BCUT2D eigenvalue weighted by Gasteiger charge is -2.28. The third-order valence-electron chi connectivity index (χ3n) is 4.43. The van der Waals surface area contributed by atoms with Crippen LogP contribution in [-0.4, -0.2) is 11.9 Å². The van der Waals surface area contributed by atoms with Gasteiger partial charge in [-0.3, -0.25) is 4.79 Å². The average molecular weight is 309 g/mol. The first kappa shape index (κ1) is 16.3. The Balaban J connectivity index is 1.91. The number of hydrogen-bond acceptors (Lipinski definition) is 2. The molecule has 0 heterocycles. The van der Waals surface area contributed by atoms with E-state index < -0.39 is 0 Å². The molecule has 1 aliphatic rings. The second-order valence-electron chi connectivity index (χ2n) is 5.99. The van der Waals surface area contributed by atoms with Crippen LogP contribution in [0, 0.1) is 5.92 Å². The molecule has 4 heteroatoms. The van der Waals surface area contributed by atoms with Crippen molar-refractivity contribution in [3.05, 3.63) is 34.9 Å². The van der Waals surface area contributed by atoms with Crippen LogP contribution in [0.25, 0.3) is 0 Å². The molecule has 1 saturated carbocycles. The third-order valence-corrected chi connectivity index (χ3v) is 4.68. The number of nitrogens with one attached hydrogen (secondary N) is 1. The highest BCUT2D eigenvalue weighted by atomic mass is 35.5. The fourth-order valence-corrected chi connectivity index (χ4v) is 3.22. The van der Waals surface area contributed by atoms with E-state index in [1.807, 2.05) is 24.3 Å². The highest BCUT2D eigenvalue weighted by Crippen LogP contribution is 2.26. The van der Waals surface area contributed by atoms with Gasteiger partial charge in [-0.05, 0) is 42.9 Å². The molecule has 116 valence electrons. The van der Waals surface area contributed by atoms with E-state index in [-0.39, 0.29) is 18.0 Å². The summed E-state index contributed by atoms with van der Waals surface area (Å²) in [6, 6.07) is 7.91. The second-order valence-corrected chi connectivity index (χ2v) is 6.43. The Morgan fingerprint density at radius 3 is 2.62 bits per heavy atom. The summed E-state index contributed by atoms with van der Waals surface area (Å²) in [5, 5.41) is 3.85. The SMILES string of the molecule is CCC(NC(=O)CC1CCCCC1N)c1ccc(Cl)cc1. The molecule has 1 aromatic carbocycles. The monoisotopic (exact) mass is 308 g/mol. The van der Waals surface area contributed by atoms with Crippen molar-refractivity contribution >= 4 is 17.5 Å². The largest absolute Gasteiger partial charge is 0.349 e. The Morgan fingerprint density at radius 2 is 2.00 bits per heavy atom. The van der Waals surface area contributed by atoms with Gasteiger partial charge in [0.15, 0.2) is 0 Å². The van der Waals surface area contributed by atoms with Gasteiger partial charge in [-0.2, -0.15) is 0 Å². The van der Waals surface area contributed by atoms with Gasteiger partial charge in [0.1, 0.15) is 0 Å². The first-order chi connectivity index (χ1) is 10.1. The Kier molecular flexibility index (Phi) is 6.07. The van der Waals surface area contributed by atoms with Crippen LogP contribution >= 0.6 is 11.6 Å². The zero-order chi connectivity index (χ0) is 15.2. The van der Waals surface area contributed by atoms with Gasteiger partial charge in [0.25, 0.3) is 0 Å². The number of halogens is 1. The number of rotatable bonds is 5. The molecule has 3 nitrogen and oxygen atoms in total. The molecular weight excluding hydrogens is 284 g/mol. The minimum atomic E-state index is 0.0505. The summed E-state index contributed by atoms with van der Waals surface area (Å²) < 4.78 is 0. The van der Waals surface area contributed by atoms with E-state index >= 15 is 0 Å². The summed E-state index contributed by atoms with van der Waals surface area (Å²) in [5.41, 5.74) is 7.22. The molecule has 3 N–H and O–H groups in total. The molecule has 3 unspecified atom stereocenters. The van der Waals surface area contributed by atoms with Gasteiger partial charge in [0.2, 0.25) is 5.91 Å². The van der Waals surface area contributed by atoms with Crippen LogP contribution in [0.1, 0.15) is 57.1 Å². The maximum Gasteiger partial charge on any atom is 0.220 e. The van der Waals surface area contributed by atoms with Crippen molar-refractivity contribution in [2.75, 3.05) is 0 Å². The van der Waals surface area contributed by atoms with E-state index in [1.54, 1.807) is 0 Å². The quantitative estimate of drug-likeness (QED) is 0.869.